The van der Waals surface area contributed by atoms with Crippen molar-refractivity contribution in [1.29, 1.82) is 0 Å². The molecule has 0 spiro atoms. The van der Waals surface area contributed by atoms with Gasteiger partial charge in [-0.3, -0.25) is 4.79 Å². The number of hydrogen-bond acceptors (Lipinski definition) is 5. The molecule has 112 valence electrons. The van der Waals surface area contributed by atoms with Crippen molar-refractivity contribution in [2.45, 2.75) is 17.6 Å². The SMILES string of the molecule is COC(CC(=O)c1ccc(S(=O)(=O)N(C)C)cc1)OC. The van der Waals surface area contributed by atoms with E-state index in [0.29, 0.717) is 5.56 Å². The molecule has 0 aliphatic carbocycles. The van der Waals surface area contributed by atoms with Crippen LogP contribution in [0.3, 0.4) is 0 Å². The largest absolute Gasteiger partial charge is 0.355 e. The molecular weight excluding hydrogens is 282 g/mol. The van der Waals surface area contributed by atoms with Crippen LogP contribution in [0.15, 0.2) is 29.2 Å². The fraction of sp³-hybridized carbons (Fsp3) is 0.462. The van der Waals surface area contributed by atoms with Crippen molar-refractivity contribution in [1.82, 2.24) is 4.31 Å². The molecule has 0 bridgehead atoms. The van der Waals surface area contributed by atoms with Crippen LogP contribution < -0.4 is 0 Å². The normalized spacial score (nSPS) is 12.1. The number of Topliss-reactive ketones (excluding diaryl/α,β-unsaturated/α-hetero) is 1. The predicted octanol–water partition coefficient (Wildman–Crippen LogP) is 1.13. The first kappa shape index (κ1) is 16.8. The minimum absolute atomic E-state index is 0.0762. The summed E-state index contributed by atoms with van der Waals surface area (Å²) < 4.78 is 34.8. The highest BCUT2D eigenvalue weighted by Crippen LogP contribution is 2.15. The van der Waals surface area contributed by atoms with E-state index in [1.165, 1.54) is 52.6 Å². The minimum atomic E-state index is -3.48. The first-order valence-corrected chi connectivity index (χ1v) is 7.38. The topological polar surface area (TPSA) is 72.9 Å². The molecule has 0 saturated heterocycles. The van der Waals surface area contributed by atoms with Gasteiger partial charge in [-0.15, -0.1) is 0 Å². The second-order valence-corrected chi connectivity index (χ2v) is 6.49. The smallest absolute Gasteiger partial charge is 0.242 e. The van der Waals surface area contributed by atoms with Gasteiger partial charge >= 0.3 is 0 Å². The zero-order chi connectivity index (χ0) is 15.3. The van der Waals surface area contributed by atoms with Crippen molar-refractivity contribution in [3.05, 3.63) is 29.8 Å². The highest BCUT2D eigenvalue weighted by molar-refractivity contribution is 7.89. The summed E-state index contributed by atoms with van der Waals surface area (Å²) in [6.07, 6.45) is -0.528. The second-order valence-electron chi connectivity index (χ2n) is 4.34. The molecule has 0 N–H and O–H groups in total. The van der Waals surface area contributed by atoms with E-state index < -0.39 is 16.3 Å². The van der Waals surface area contributed by atoms with Gasteiger partial charge in [-0.2, -0.15) is 0 Å². The Hall–Kier alpha value is -1.28. The Morgan fingerprint density at radius 1 is 1.15 bits per heavy atom. The lowest BCUT2D eigenvalue weighted by Crippen LogP contribution is -2.22. The van der Waals surface area contributed by atoms with Crippen LogP contribution in [0, 0.1) is 0 Å². The molecule has 0 amide bonds. The van der Waals surface area contributed by atoms with E-state index in [4.69, 9.17) is 9.47 Å². The highest BCUT2D eigenvalue weighted by atomic mass is 32.2. The lowest BCUT2D eigenvalue weighted by atomic mass is 10.1. The number of hydrogen-bond donors (Lipinski definition) is 0. The van der Waals surface area contributed by atoms with Gasteiger partial charge in [-0.05, 0) is 12.1 Å². The summed E-state index contributed by atoms with van der Waals surface area (Å²) in [5.74, 6) is -0.174. The first-order chi connectivity index (χ1) is 9.32. The van der Waals surface area contributed by atoms with Crippen molar-refractivity contribution in [3.8, 4) is 0 Å². The molecule has 1 aromatic rings. The lowest BCUT2D eigenvalue weighted by Gasteiger charge is -2.13. The Kier molecular flexibility index (Phi) is 5.82. The average Bonchev–Trinajstić information content (AvgIpc) is 2.44. The molecule has 0 aliphatic heterocycles. The van der Waals surface area contributed by atoms with Crippen LogP contribution in [-0.2, 0) is 19.5 Å². The summed E-state index contributed by atoms with van der Waals surface area (Å²) in [6, 6.07) is 5.80. The van der Waals surface area contributed by atoms with Crippen LogP contribution in [0.1, 0.15) is 16.8 Å². The van der Waals surface area contributed by atoms with E-state index in [9.17, 15) is 13.2 Å². The van der Waals surface area contributed by atoms with Crippen molar-refractivity contribution < 1.29 is 22.7 Å². The summed E-state index contributed by atoms with van der Waals surface area (Å²) in [6.45, 7) is 0. The van der Waals surface area contributed by atoms with Crippen LogP contribution in [0.5, 0.6) is 0 Å². The Morgan fingerprint density at radius 2 is 1.65 bits per heavy atom. The molecule has 0 heterocycles. The van der Waals surface area contributed by atoms with Gasteiger partial charge in [-0.1, -0.05) is 12.1 Å². The summed E-state index contributed by atoms with van der Waals surface area (Å²) in [5.41, 5.74) is 0.418. The van der Waals surface area contributed by atoms with Crippen LogP contribution in [0.25, 0.3) is 0 Å². The number of benzene rings is 1. The minimum Gasteiger partial charge on any atom is -0.355 e. The van der Waals surface area contributed by atoms with Crippen LogP contribution >= 0.6 is 0 Å². The molecule has 7 heteroatoms. The molecule has 0 radical (unpaired) electrons. The number of rotatable bonds is 7. The van der Waals surface area contributed by atoms with Gasteiger partial charge in [0, 0.05) is 33.9 Å². The third-order valence-electron chi connectivity index (χ3n) is 2.83. The Morgan fingerprint density at radius 3 is 2.05 bits per heavy atom. The Labute approximate surface area is 119 Å². The van der Waals surface area contributed by atoms with Gasteiger partial charge in [0.15, 0.2) is 12.1 Å². The molecule has 0 aliphatic rings. The van der Waals surface area contributed by atoms with Crippen molar-refractivity contribution in [2.24, 2.45) is 0 Å². The third kappa shape index (κ3) is 3.86. The first-order valence-electron chi connectivity index (χ1n) is 5.94. The zero-order valence-electron chi connectivity index (χ0n) is 12.0. The molecule has 0 atom stereocenters. The van der Waals surface area contributed by atoms with Crippen LogP contribution in [0.4, 0.5) is 0 Å². The number of carbonyl (C=O) groups excluding carboxylic acids is 1. The molecule has 20 heavy (non-hydrogen) atoms. The third-order valence-corrected chi connectivity index (χ3v) is 4.66. The fourth-order valence-electron chi connectivity index (χ4n) is 1.56. The van der Waals surface area contributed by atoms with E-state index in [1.807, 2.05) is 0 Å². The number of carbonyl (C=O) groups is 1. The van der Waals surface area contributed by atoms with Crippen LogP contribution in [0.2, 0.25) is 0 Å². The van der Waals surface area contributed by atoms with E-state index >= 15 is 0 Å². The van der Waals surface area contributed by atoms with Crippen molar-refractivity contribution in [2.75, 3.05) is 28.3 Å². The molecule has 0 saturated carbocycles. The number of ether oxygens (including phenoxy) is 2. The number of nitrogens with zero attached hydrogens (tertiary/aromatic N) is 1. The predicted molar refractivity (Wildman–Crippen MR) is 74.1 cm³/mol. The zero-order valence-corrected chi connectivity index (χ0v) is 12.8. The van der Waals surface area contributed by atoms with Crippen LogP contribution in [-0.4, -0.2) is 53.1 Å². The van der Waals surface area contributed by atoms with E-state index in [0.717, 1.165) is 4.31 Å². The molecular formula is C13H19NO5S. The number of ketones is 1. The van der Waals surface area contributed by atoms with E-state index in [-0.39, 0.29) is 17.1 Å². The van der Waals surface area contributed by atoms with Gasteiger partial charge < -0.3 is 9.47 Å². The summed E-state index contributed by atoms with van der Waals surface area (Å²) >= 11 is 0. The molecule has 1 aromatic carbocycles. The number of methoxy groups -OCH3 is 2. The Bertz CT molecular complexity index is 547. The van der Waals surface area contributed by atoms with Gasteiger partial charge in [0.2, 0.25) is 10.0 Å². The average molecular weight is 301 g/mol. The second kappa shape index (κ2) is 6.94. The van der Waals surface area contributed by atoms with E-state index in [1.54, 1.807) is 0 Å². The molecule has 0 fully saturated rings. The van der Waals surface area contributed by atoms with Gasteiger partial charge in [0.1, 0.15) is 0 Å². The maximum Gasteiger partial charge on any atom is 0.242 e. The standard InChI is InChI=1S/C13H19NO5S/c1-14(2)20(16,17)11-7-5-10(6-8-11)12(15)9-13(18-3)19-4/h5-8,13H,9H2,1-4H3. The number of sulfonamides is 1. The maximum absolute atomic E-state index is 11.9. The van der Waals surface area contributed by atoms with Gasteiger partial charge in [0.05, 0.1) is 11.3 Å². The Balaban J connectivity index is 2.89. The summed E-state index contributed by atoms with van der Waals surface area (Å²) in [4.78, 5) is 12.1. The molecule has 0 unspecified atom stereocenters. The summed E-state index contributed by atoms with van der Waals surface area (Å²) in [7, 11) is 2.34. The maximum atomic E-state index is 11.9. The van der Waals surface area contributed by atoms with Crippen molar-refractivity contribution in [3.63, 3.8) is 0 Å². The molecule has 0 aromatic heterocycles. The highest BCUT2D eigenvalue weighted by Gasteiger charge is 2.18. The molecule has 1 rings (SSSR count). The lowest BCUT2D eigenvalue weighted by molar-refractivity contribution is -0.0993. The molecule has 6 nitrogen and oxygen atoms in total. The monoisotopic (exact) mass is 301 g/mol. The van der Waals surface area contributed by atoms with Crippen molar-refractivity contribution >= 4 is 15.8 Å². The quantitative estimate of drug-likeness (QED) is 0.557. The van der Waals surface area contributed by atoms with Gasteiger partial charge in [-0.25, -0.2) is 12.7 Å². The fourth-order valence-corrected chi connectivity index (χ4v) is 2.46. The summed E-state index contributed by atoms with van der Waals surface area (Å²) in [5, 5.41) is 0. The van der Waals surface area contributed by atoms with Gasteiger partial charge in [0.25, 0.3) is 0 Å². The van der Waals surface area contributed by atoms with E-state index in [2.05, 4.69) is 0 Å².